The average Bonchev–Trinajstić information content (AvgIpc) is 2.90. The number of carbonyl (C=O) groups is 4. The van der Waals surface area contributed by atoms with Gasteiger partial charge in [0.2, 0.25) is 11.8 Å². The number of amides is 4. The number of hydrogen-bond acceptors (Lipinski definition) is 4. The van der Waals surface area contributed by atoms with Gasteiger partial charge in [-0.1, -0.05) is 25.0 Å². The van der Waals surface area contributed by atoms with E-state index in [1.54, 1.807) is 24.3 Å². The largest absolute Gasteiger partial charge is 0.355 e. The molecule has 144 valence electrons. The number of rotatable bonds is 6. The SMILES string of the molecule is CC(=O)NCCNC(=O)C1CCCCC1CN1C(=O)c2ccccc2C1=O. The van der Waals surface area contributed by atoms with Crippen LogP contribution in [0.15, 0.2) is 24.3 Å². The summed E-state index contributed by atoms with van der Waals surface area (Å²) in [7, 11) is 0. The zero-order valence-corrected chi connectivity index (χ0v) is 15.5. The highest BCUT2D eigenvalue weighted by atomic mass is 16.2. The molecule has 7 heteroatoms. The molecule has 3 rings (SSSR count). The third kappa shape index (κ3) is 4.18. The minimum Gasteiger partial charge on any atom is -0.355 e. The molecule has 1 saturated carbocycles. The van der Waals surface area contributed by atoms with Crippen molar-refractivity contribution in [2.75, 3.05) is 19.6 Å². The van der Waals surface area contributed by atoms with Gasteiger partial charge in [-0.3, -0.25) is 24.1 Å². The number of hydrogen-bond donors (Lipinski definition) is 2. The molecule has 2 N–H and O–H groups in total. The Hall–Kier alpha value is -2.70. The predicted molar refractivity (Wildman–Crippen MR) is 99.0 cm³/mol. The van der Waals surface area contributed by atoms with Crippen molar-refractivity contribution in [3.05, 3.63) is 35.4 Å². The summed E-state index contributed by atoms with van der Waals surface area (Å²) in [6.45, 7) is 2.46. The maximum atomic E-state index is 12.6. The van der Waals surface area contributed by atoms with Crippen LogP contribution in [-0.2, 0) is 9.59 Å². The maximum absolute atomic E-state index is 12.6. The Morgan fingerprint density at radius 1 is 1.00 bits per heavy atom. The van der Waals surface area contributed by atoms with Gasteiger partial charge in [-0.05, 0) is 30.9 Å². The number of nitrogens with zero attached hydrogens (tertiary/aromatic N) is 1. The standard InChI is InChI=1S/C20H25N3O4/c1-13(24)21-10-11-22-18(25)15-7-3-2-6-14(15)12-23-19(26)16-8-4-5-9-17(16)20(23)27/h4-5,8-9,14-15H,2-3,6-7,10-12H2,1H3,(H,21,24)(H,22,25). The van der Waals surface area contributed by atoms with Gasteiger partial charge < -0.3 is 10.6 Å². The van der Waals surface area contributed by atoms with Crippen molar-refractivity contribution in [3.63, 3.8) is 0 Å². The van der Waals surface area contributed by atoms with Gasteiger partial charge in [0, 0.05) is 32.5 Å². The Balaban J connectivity index is 1.63. The van der Waals surface area contributed by atoms with E-state index in [4.69, 9.17) is 0 Å². The minimum absolute atomic E-state index is 0.0401. The third-order valence-electron chi connectivity index (χ3n) is 5.34. The van der Waals surface area contributed by atoms with Gasteiger partial charge in [-0.2, -0.15) is 0 Å². The molecule has 0 saturated heterocycles. The summed E-state index contributed by atoms with van der Waals surface area (Å²) in [4.78, 5) is 50.0. The van der Waals surface area contributed by atoms with Crippen LogP contribution in [0.1, 0.15) is 53.3 Å². The van der Waals surface area contributed by atoms with Gasteiger partial charge in [0.1, 0.15) is 0 Å². The summed E-state index contributed by atoms with van der Waals surface area (Å²) < 4.78 is 0. The summed E-state index contributed by atoms with van der Waals surface area (Å²) in [6.07, 6.45) is 3.52. The molecule has 1 aliphatic carbocycles. The molecule has 2 unspecified atom stereocenters. The van der Waals surface area contributed by atoms with Gasteiger partial charge in [0.25, 0.3) is 11.8 Å². The highest BCUT2D eigenvalue weighted by molar-refractivity contribution is 6.21. The van der Waals surface area contributed by atoms with E-state index in [-0.39, 0.29) is 42.0 Å². The molecule has 2 atom stereocenters. The number of benzene rings is 1. The van der Waals surface area contributed by atoms with Crippen molar-refractivity contribution in [2.45, 2.75) is 32.6 Å². The second-order valence-corrected chi connectivity index (χ2v) is 7.19. The molecule has 1 aromatic rings. The van der Waals surface area contributed by atoms with E-state index < -0.39 is 0 Å². The van der Waals surface area contributed by atoms with Crippen molar-refractivity contribution >= 4 is 23.6 Å². The van der Waals surface area contributed by atoms with Crippen LogP contribution in [0, 0.1) is 11.8 Å². The maximum Gasteiger partial charge on any atom is 0.261 e. The Kier molecular flexibility index (Phi) is 5.88. The van der Waals surface area contributed by atoms with Crippen LogP contribution in [0.5, 0.6) is 0 Å². The molecular weight excluding hydrogens is 346 g/mol. The lowest BCUT2D eigenvalue weighted by molar-refractivity contribution is -0.128. The van der Waals surface area contributed by atoms with Crippen LogP contribution in [-0.4, -0.2) is 48.2 Å². The Labute approximate surface area is 158 Å². The second-order valence-electron chi connectivity index (χ2n) is 7.19. The van der Waals surface area contributed by atoms with Crippen LogP contribution in [0.4, 0.5) is 0 Å². The molecule has 7 nitrogen and oxygen atoms in total. The van der Waals surface area contributed by atoms with E-state index in [1.165, 1.54) is 11.8 Å². The van der Waals surface area contributed by atoms with E-state index in [0.717, 1.165) is 25.7 Å². The molecule has 1 fully saturated rings. The summed E-state index contributed by atoms with van der Waals surface area (Å²) in [5.74, 6) is -1.01. The molecule has 0 bridgehead atoms. The van der Waals surface area contributed by atoms with Gasteiger partial charge in [0.05, 0.1) is 11.1 Å². The van der Waals surface area contributed by atoms with Crippen LogP contribution in [0.25, 0.3) is 0 Å². The molecule has 27 heavy (non-hydrogen) atoms. The quantitative estimate of drug-likeness (QED) is 0.583. The minimum atomic E-state index is -0.272. The van der Waals surface area contributed by atoms with E-state index in [1.807, 2.05) is 0 Å². The first-order valence-electron chi connectivity index (χ1n) is 9.46. The number of fused-ring (bicyclic) bond motifs is 1. The molecule has 1 heterocycles. The summed E-state index contributed by atoms with van der Waals surface area (Å²) >= 11 is 0. The monoisotopic (exact) mass is 371 g/mol. The molecule has 4 amide bonds. The highest BCUT2D eigenvalue weighted by Gasteiger charge is 2.39. The van der Waals surface area contributed by atoms with Crippen LogP contribution in [0.2, 0.25) is 0 Å². The summed E-state index contributed by atoms with van der Waals surface area (Å²) in [5.41, 5.74) is 0.879. The van der Waals surface area contributed by atoms with Gasteiger partial charge in [-0.15, -0.1) is 0 Å². The average molecular weight is 371 g/mol. The second kappa shape index (κ2) is 8.33. The smallest absolute Gasteiger partial charge is 0.261 e. The summed E-state index contributed by atoms with van der Waals surface area (Å²) in [6, 6.07) is 6.84. The fourth-order valence-corrected chi connectivity index (χ4v) is 3.97. The summed E-state index contributed by atoms with van der Waals surface area (Å²) in [5, 5.41) is 5.50. The fraction of sp³-hybridized carbons (Fsp3) is 0.500. The molecule has 2 aliphatic rings. The third-order valence-corrected chi connectivity index (χ3v) is 5.34. The highest BCUT2D eigenvalue weighted by Crippen LogP contribution is 2.33. The number of imide groups is 1. The molecule has 0 aromatic heterocycles. The van der Waals surface area contributed by atoms with Crippen LogP contribution >= 0.6 is 0 Å². The fourth-order valence-electron chi connectivity index (χ4n) is 3.97. The first-order chi connectivity index (χ1) is 13.0. The predicted octanol–water partition coefficient (Wildman–Crippen LogP) is 1.34. The number of carbonyl (C=O) groups excluding carboxylic acids is 4. The molecule has 1 aliphatic heterocycles. The Bertz CT molecular complexity index is 726. The first kappa shape index (κ1) is 19.1. The molecule has 1 aromatic carbocycles. The van der Waals surface area contributed by atoms with Crippen LogP contribution in [0.3, 0.4) is 0 Å². The molecule has 0 spiro atoms. The topological polar surface area (TPSA) is 95.6 Å². The van der Waals surface area contributed by atoms with E-state index in [9.17, 15) is 19.2 Å². The van der Waals surface area contributed by atoms with Crippen molar-refractivity contribution in [3.8, 4) is 0 Å². The van der Waals surface area contributed by atoms with E-state index in [0.29, 0.717) is 24.2 Å². The lowest BCUT2D eigenvalue weighted by atomic mass is 9.78. The van der Waals surface area contributed by atoms with Gasteiger partial charge in [-0.25, -0.2) is 0 Å². The molecule has 0 radical (unpaired) electrons. The van der Waals surface area contributed by atoms with E-state index in [2.05, 4.69) is 10.6 Å². The van der Waals surface area contributed by atoms with E-state index >= 15 is 0 Å². The first-order valence-corrected chi connectivity index (χ1v) is 9.46. The number of nitrogens with one attached hydrogen (secondary N) is 2. The van der Waals surface area contributed by atoms with Gasteiger partial charge in [0.15, 0.2) is 0 Å². The van der Waals surface area contributed by atoms with Crippen molar-refractivity contribution < 1.29 is 19.2 Å². The van der Waals surface area contributed by atoms with Gasteiger partial charge >= 0.3 is 0 Å². The molecular formula is C20H25N3O4. The van der Waals surface area contributed by atoms with Crippen LogP contribution < -0.4 is 10.6 Å². The lowest BCUT2D eigenvalue weighted by Gasteiger charge is -2.32. The lowest BCUT2D eigenvalue weighted by Crippen LogP contribution is -2.44. The van der Waals surface area contributed by atoms with Crippen molar-refractivity contribution in [1.82, 2.24) is 15.5 Å². The zero-order valence-electron chi connectivity index (χ0n) is 15.5. The zero-order chi connectivity index (χ0) is 19.4. The Morgan fingerprint density at radius 3 is 2.22 bits per heavy atom. The van der Waals surface area contributed by atoms with Crippen molar-refractivity contribution in [2.24, 2.45) is 11.8 Å². The Morgan fingerprint density at radius 2 is 1.59 bits per heavy atom. The van der Waals surface area contributed by atoms with Crippen molar-refractivity contribution in [1.29, 1.82) is 0 Å². The normalized spacial score (nSPS) is 21.7.